The van der Waals surface area contributed by atoms with E-state index < -0.39 is 11.2 Å². The van der Waals surface area contributed by atoms with Crippen LogP contribution in [0.25, 0.3) is 5.70 Å². The van der Waals surface area contributed by atoms with Crippen molar-refractivity contribution < 1.29 is 9.35 Å². The number of Topliss-reactive ketones (excluding diaryl/α,β-unsaturated/α-hetero) is 1. The Hall–Kier alpha value is -2.04. The van der Waals surface area contributed by atoms with Gasteiger partial charge in [0.15, 0.2) is 4.90 Å². The lowest BCUT2D eigenvalue weighted by atomic mass is 10.1. The highest BCUT2D eigenvalue weighted by Gasteiger charge is 2.41. The van der Waals surface area contributed by atoms with Crippen molar-refractivity contribution in [3.8, 4) is 0 Å². The SMILES string of the molecule is N/C(=C1\C(=O)c2ccccc2[S+]1[O-])c1ccccc1. The number of nitrogens with two attached hydrogens (primary N) is 1. The van der Waals surface area contributed by atoms with E-state index in [0.29, 0.717) is 21.7 Å². The maximum atomic E-state index is 12.4. The number of carbonyl (C=O) groups excluding carboxylic acids is 1. The summed E-state index contributed by atoms with van der Waals surface area (Å²) < 4.78 is 12.4. The van der Waals surface area contributed by atoms with E-state index in [1.165, 1.54) is 0 Å². The Labute approximate surface area is 113 Å². The molecule has 0 aliphatic carbocycles. The number of allylic oxidation sites excluding steroid dienone is 1. The molecule has 1 aliphatic rings. The van der Waals surface area contributed by atoms with Gasteiger partial charge >= 0.3 is 0 Å². The van der Waals surface area contributed by atoms with E-state index in [4.69, 9.17) is 5.73 Å². The average molecular weight is 269 g/mol. The minimum Gasteiger partial charge on any atom is -0.606 e. The van der Waals surface area contributed by atoms with Gasteiger partial charge in [-0.05, 0) is 12.1 Å². The predicted octanol–water partition coefficient (Wildman–Crippen LogP) is 2.32. The van der Waals surface area contributed by atoms with Crippen molar-refractivity contribution in [2.75, 3.05) is 0 Å². The smallest absolute Gasteiger partial charge is 0.248 e. The van der Waals surface area contributed by atoms with Crippen LogP contribution in [0.4, 0.5) is 0 Å². The molecule has 2 aromatic carbocycles. The molecule has 0 bridgehead atoms. The van der Waals surface area contributed by atoms with Crippen molar-refractivity contribution >= 4 is 22.7 Å². The van der Waals surface area contributed by atoms with Gasteiger partial charge in [-0.2, -0.15) is 0 Å². The minimum atomic E-state index is -1.49. The maximum Gasteiger partial charge on any atom is 0.248 e. The van der Waals surface area contributed by atoms with Gasteiger partial charge in [0.2, 0.25) is 10.7 Å². The summed E-state index contributed by atoms with van der Waals surface area (Å²) in [5, 5.41) is 0. The second-order valence-electron chi connectivity index (χ2n) is 4.20. The van der Waals surface area contributed by atoms with Gasteiger partial charge in [0.1, 0.15) is 0 Å². The van der Waals surface area contributed by atoms with Crippen molar-refractivity contribution in [3.63, 3.8) is 0 Å². The fourth-order valence-electron chi connectivity index (χ4n) is 2.10. The predicted molar refractivity (Wildman–Crippen MR) is 74.7 cm³/mol. The first-order valence-electron chi connectivity index (χ1n) is 5.81. The fourth-order valence-corrected chi connectivity index (χ4v) is 3.48. The van der Waals surface area contributed by atoms with Crippen molar-refractivity contribution in [2.45, 2.75) is 4.90 Å². The lowest BCUT2D eigenvalue weighted by molar-refractivity contribution is 0.104. The molecule has 0 amide bonds. The molecule has 0 saturated carbocycles. The molecule has 2 aromatic rings. The number of hydrogen-bond donors (Lipinski definition) is 1. The van der Waals surface area contributed by atoms with E-state index in [2.05, 4.69) is 0 Å². The third kappa shape index (κ3) is 1.85. The van der Waals surface area contributed by atoms with Gasteiger partial charge in [-0.25, -0.2) is 0 Å². The lowest BCUT2D eigenvalue weighted by Gasteiger charge is -2.07. The summed E-state index contributed by atoms with van der Waals surface area (Å²) in [6.45, 7) is 0. The monoisotopic (exact) mass is 269 g/mol. The summed E-state index contributed by atoms with van der Waals surface area (Å²) >= 11 is -1.49. The van der Waals surface area contributed by atoms with Crippen LogP contribution in [0.1, 0.15) is 15.9 Å². The molecule has 0 fully saturated rings. The summed E-state index contributed by atoms with van der Waals surface area (Å²) in [6.07, 6.45) is 0. The maximum absolute atomic E-state index is 12.4. The zero-order valence-corrected chi connectivity index (χ0v) is 10.8. The van der Waals surface area contributed by atoms with Crippen molar-refractivity contribution in [3.05, 3.63) is 70.6 Å². The highest BCUT2D eigenvalue weighted by Crippen LogP contribution is 2.36. The van der Waals surface area contributed by atoms with Crippen LogP contribution in [0.2, 0.25) is 0 Å². The highest BCUT2D eigenvalue weighted by molar-refractivity contribution is 7.97. The summed E-state index contributed by atoms with van der Waals surface area (Å²) in [4.78, 5) is 13.0. The van der Waals surface area contributed by atoms with E-state index in [1.54, 1.807) is 36.4 Å². The molecule has 0 saturated heterocycles. The number of hydrogen-bond acceptors (Lipinski definition) is 3. The van der Waals surface area contributed by atoms with E-state index in [-0.39, 0.29) is 10.7 Å². The number of benzene rings is 2. The number of fused-ring (bicyclic) bond motifs is 1. The molecule has 2 N–H and O–H groups in total. The minimum absolute atomic E-state index is 0.187. The van der Waals surface area contributed by atoms with Crippen LogP contribution in [0.15, 0.2) is 64.4 Å². The van der Waals surface area contributed by atoms with Crippen LogP contribution >= 0.6 is 0 Å². The summed E-state index contributed by atoms with van der Waals surface area (Å²) in [5.74, 6) is -0.240. The molecule has 1 atom stereocenters. The molecular formula is C15H11NO2S. The Morgan fingerprint density at radius 2 is 1.63 bits per heavy atom. The van der Waals surface area contributed by atoms with E-state index in [1.807, 2.05) is 18.2 Å². The molecule has 1 unspecified atom stereocenters. The molecular weight excluding hydrogens is 258 g/mol. The van der Waals surface area contributed by atoms with Crippen LogP contribution in [-0.2, 0) is 11.2 Å². The Kier molecular flexibility index (Phi) is 2.89. The Morgan fingerprint density at radius 3 is 2.32 bits per heavy atom. The summed E-state index contributed by atoms with van der Waals surface area (Å²) in [6, 6.07) is 16.0. The van der Waals surface area contributed by atoms with Crippen LogP contribution < -0.4 is 5.73 Å². The number of carbonyl (C=O) groups is 1. The Morgan fingerprint density at radius 1 is 1.00 bits per heavy atom. The van der Waals surface area contributed by atoms with E-state index >= 15 is 0 Å². The summed E-state index contributed by atoms with van der Waals surface area (Å²) in [7, 11) is 0. The molecule has 0 radical (unpaired) electrons. The normalized spacial score (nSPS) is 20.3. The molecule has 1 aliphatic heterocycles. The van der Waals surface area contributed by atoms with Crippen LogP contribution in [-0.4, -0.2) is 10.3 Å². The second-order valence-corrected chi connectivity index (χ2v) is 5.59. The third-order valence-electron chi connectivity index (χ3n) is 3.05. The molecule has 0 spiro atoms. The van der Waals surface area contributed by atoms with Gasteiger partial charge in [0.05, 0.1) is 11.3 Å². The largest absolute Gasteiger partial charge is 0.606 e. The van der Waals surface area contributed by atoms with Crippen LogP contribution in [0, 0.1) is 0 Å². The Bertz CT molecular complexity index is 680. The zero-order chi connectivity index (χ0) is 13.4. The molecule has 3 nitrogen and oxygen atoms in total. The molecule has 1 heterocycles. The molecule has 0 aromatic heterocycles. The van der Waals surface area contributed by atoms with Gasteiger partial charge in [-0.15, -0.1) is 0 Å². The zero-order valence-electron chi connectivity index (χ0n) is 10.00. The first-order chi connectivity index (χ1) is 9.20. The number of ketones is 1. The third-order valence-corrected chi connectivity index (χ3v) is 4.58. The van der Waals surface area contributed by atoms with E-state index in [9.17, 15) is 9.35 Å². The van der Waals surface area contributed by atoms with Crippen molar-refractivity contribution in [2.24, 2.45) is 5.73 Å². The second kappa shape index (κ2) is 4.57. The summed E-state index contributed by atoms with van der Waals surface area (Å²) in [5.41, 5.74) is 7.51. The first-order valence-corrected chi connectivity index (χ1v) is 6.96. The van der Waals surface area contributed by atoms with Crippen molar-refractivity contribution in [1.29, 1.82) is 0 Å². The topological polar surface area (TPSA) is 66.2 Å². The fraction of sp³-hybridized carbons (Fsp3) is 0. The highest BCUT2D eigenvalue weighted by atomic mass is 32.2. The van der Waals surface area contributed by atoms with Gasteiger partial charge in [-0.3, -0.25) is 4.79 Å². The Balaban J connectivity index is 2.16. The van der Waals surface area contributed by atoms with Crippen LogP contribution in [0.5, 0.6) is 0 Å². The first kappa shape index (κ1) is 12.0. The molecule has 3 rings (SSSR count). The van der Waals surface area contributed by atoms with Gasteiger partial charge in [0.25, 0.3) is 0 Å². The van der Waals surface area contributed by atoms with Gasteiger partial charge in [0, 0.05) is 16.7 Å². The van der Waals surface area contributed by atoms with Gasteiger partial charge < -0.3 is 10.3 Å². The molecule has 4 heteroatoms. The lowest BCUT2D eigenvalue weighted by Crippen LogP contribution is -2.11. The van der Waals surface area contributed by atoms with Crippen molar-refractivity contribution in [1.82, 2.24) is 0 Å². The number of rotatable bonds is 1. The molecule has 19 heavy (non-hydrogen) atoms. The average Bonchev–Trinajstić information content (AvgIpc) is 2.72. The van der Waals surface area contributed by atoms with E-state index in [0.717, 1.165) is 0 Å². The van der Waals surface area contributed by atoms with Crippen LogP contribution in [0.3, 0.4) is 0 Å². The standard InChI is InChI=1S/C15H11NO2S/c16-13(10-6-2-1-3-7-10)15-14(17)11-8-4-5-9-12(11)19(15)18/h1-9H,16H2/b15-13+. The molecule has 94 valence electrons. The quantitative estimate of drug-likeness (QED) is 0.638. The van der Waals surface area contributed by atoms with Gasteiger partial charge in [-0.1, -0.05) is 42.5 Å².